The molecule has 1 unspecified atom stereocenters. The van der Waals surface area contributed by atoms with Crippen LogP contribution in [-0.2, 0) is 0 Å². The van der Waals surface area contributed by atoms with Gasteiger partial charge in [-0.3, -0.25) is 0 Å². The molecule has 1 aromatic rings. The van der Waals surface area contributed by atoms with Gasteiger partial charge < -0.3 is 16.2 Å². The van der Waals surface area contributed by atoms with Gasteiger partial charge in [0.2, 0.25) is 0 Å². The fourth-order valence-electron chi connectivity index (χ4n) is 1.32. The lowest BCUT2D eigenvalue weighted by atomic mass is 10.1. The Morgan fingerprint density at radius 2 is 2.14 bits per heavy atom. The van der Waals surface area contributed by atoms with Crippen molar-refractivity contribution in [1.29, 1.82) is 0 Å². The standard InChI is InChI=1S/C10H15FN2O/c11-9-4-2-1-3-8(9)10(7-12)13-5-6-14/h1-4,10,13-14H,5-7,12H2. The van der Waals surface area contributed by atoms with Crippen LogP contribution in [0, 0.1) is 5.82 Å². The molecule has 0 aliphatic rings. The molecule has 0 bridgehead atoms. The monoisotopic (exact) mass is 198 g/mol. The Bertz CT molecular complexity index is 281. The Morgan fingerprint density at radius 1 is 1.43 bits per heavy atom. The molecule has 0 aliphatic heterocycles. The van der Waals surface area contributed by atoms with E-state index in [2.05, 4.69) is 5.32 Å². The number of nitrogens with two attached hydrogens (primary N) is 1. The van der Waals surface area contributed by atoms with Crippen LogP contribution in [0.4, 0.5) is 4.39 Å². The maximum absolute atomic E-state index is 13.3. The summed E-state index contributed by atoms with van der Waals surface area (Å²) in [5.74, 6) is -0.270. The van der Waals surface area contributed by atoms with E-state index in [-0.39, 0.29) is 18.5 Å². The fraction of sp³-hybridized carbons (Fsp3) is 0.400. The third-order valence-electron chi connectivity index (χ3n) is 2.02. The molecule has 0 saturated heterocycles. The van der Waals surface area contributed by atoms with Gasteiger partial charge in [-0.05, 0) is 6.07 Å². The molecule has 0 spiro atoms. The first-order chi connectivity index (χ1) is 6.79. The summed E-state index contributed by atoms with van der Waals surface area (Å²) in [6.45, 7) is 0.738. The van der Waals surface area contributed by atoms with Crippen molar-refractivity contribution in [3.8, 4) is 0 Å². The van der Waals surface area contributed by atoms with E-state index in [9.17, 15) is 4.39 Å². The normalized spacial score (nSPS) is 12.8. The number of hydrogen-bond donors (Lipinski definition) is 3. The summed E-state index contributed by atoms with van der Waals surface area (Å²) >= 11 is 0. The molecule has 4 N–H and O–H groups in total. The smallest absolute Gasteiger partial charge is 0.128 e. The summed E-state index contributed by atoms with van der Waals surface area (Å²) < 4.78 is 13.3. The van der Waals surface area contributed by atoms with Crippen LogP contribution in [0.1, 0.15) is 11.6 Å². The minimum atomic E-state index is -0.270. The zero-order valence-electron chi connectivity index (χ0n) is 7.91. The average Bonchev–Trinajstić information content (AvgIpc) is 2.21. The highest BCUT2D eigenvalue weighted by Crippen LogP contribution is 2.15. The molecule has 1 rings (SSSR count). The second kappa shape index (κ2) is 5.70. The van der Waals surface area contributed by atoms with Crippen molar-refractivity contribution in [3.63, 3.8) is 0 Å². The van der Waals surface area contributed by atoms with Crippen LogP contribution in [0.25, 0.3) is 0 Å². The van der Waals surface area contributed by atoms with Gasteiger partial charge in [-0.2, -0.15) is 0 Å². The van der Waals surface area contributed by atoms with Crippen LogP contribution in [0.5, 0.6) is 0 Å². The van der Waals surface area contributed by atoms with Crippen molar-refractivity contribution in [1.82, 2.24) is 5.32 Å². The van der Waals surface area contributed by atoms with Crippen LogP contribution >= 0.6 is 0 Å². The maximum atomic E-state index is 13.3. The van der Waals surface area contributed by atoms with Crippen LogP contribution in [-0.4, -0.2) is 24.8 Å². The van der Waals surface area contributed by atoms with Crippen molar-refractivity contribution in [2.24, 2.45) is 5.73 Å². The SMILES string of the molecule is NCC(NCCO)c1ccccc1F. The molecular weight excluding hydrogens is 183 g/mol. The molecule has 0 radical (unpaired) electrons. The minimum absolute atomic E-state index is 0.0188. The second-order valence-electron chi connectivity index (χ2n) is 2.99. The van der Waals surface area contributed by atoms with Gasteiger partial charge in [0.15, 0.2) is 0 Å². The van der Waals surface area contributed by atoms with Gasteiger partial charge in [-0.15, -0.1) is 0 Å². The molecule has 1 atom stereocenters. The van der Waals surface area contributed by atoms with Crippen molar-refractivity contribution in [2.45, 2.75) is 6.04 Å². The summed E-state index contributed by atoms with van der Waals surface area (Å²) in [5.41, 5.74) is 6.05. The highest BCUT2D eigenvalue weighted by Gasteiger charge is 2.11. The van der Waals surface area contributed by atoms with Gasteiger partial charge in [0, 0.05) is 24.7 Å². The Morgan fingerprint density at radius 3 is 2.71 bits per heavy atom. The first kappa shape index (κ1) is 11.1. The Hall–Kier alpha value is -0.970. The van der Waals surface area contributed by atoms with Crippen LogP contribution in [0.3, 0.4) is 0 Å². The number of nitrogens with one attached hydrogen (secondary N) is 1. The topological polar surface area (TPSA) is 58.3 Å². The third kappa shape index (κ3) is 2.77. The first-order valence-electron chi connectivity index (χ1n) is 4.58. The summed E-state index contributed by atoms with van der Waals surface area (Å²) in [7, 11) is 0. The van der Waals surface area contributed by atoms with Gasteiger partial charge in [0.25, 0.3) is 0 Å². The highest BCUT2D eigenvalue weighted by molar-refractivity contribution is 5.21. The molecule has 0 amide bonds. The van der Waals surface area contributed by atoms with Crippen molar-refractivity contribution in [2.75, 3.05) is 19.7 Å². The van der Waals surface area contributed by atoms with Gasteiger partial charge in [-0.25, -0.2) is 4.39 Å². The third-order valence-corrected chi connectivity index (χ3v) is 2.02. The van der Waals surface area contributed by atoms with Crippen LogP contribution < -0.4 is 11.1 Å². The van der Waals surface area contributed by atoms with Crippen molar-refractivity contribution in [3.05, 3.63) is 35.6 Å². The van der Waals surface area contributed by atoms with E-state index in [1.807, 2.05) is 0 Å². The molecule has 78 valence electrons. The molecular formula is C10H15FN2O. The Balaban J connectivity index is 2.73. The molecule has 0 saturated carbocycles. The lowest BCUT2D eigenvalue weighted by Gasteiger charge is -2.16. The lowest BCUT2D eigenvalue weighted by Crippen LogP contribution is -2.31. The molecule has 4 heteroatoms. The molecule has 1 aromatic carbocycles. The molecule has 0 aliphatic carbocycles. The van der Waals surface area contributed by atoms with E-state index < -0.39 is 0 Å². The average molecular weight is 198 g/mol. The first-order valence-corrected chi connectivity index (χ1v) is 4.58. The van der Waals surface area contributed by atoms with E-state index in [1.165, 1.54) is 6.07 Å². The van der Waals surface area contributed by atoms with Gasteiger partial charge >= 0.3 is 0 Å². The Labute approximate surface area is 82.7 Å². The zero-order chi connectivity index (χ0) is 10.4. The van der Waals surface area contributed by atoms with E-state index >= 15 is 0 Å². The van der Waals surface area contributed by atoms with Crippen LogP contribution in [0.15, 0.2) is 24.3 Å². The summed E-state index contributed by atoms with van der Waals surface area (Å²) in [6.07, 6.45) is 0. The Kier molecular flexibility index (Phi) is 4.52. The van der Waals surface area contributed by atoms with Crippen LogP contribution in [0.2, 0.25) is 0 Å². The number of aliphatic hydroxyl groups is 1. The summed E-state index contributed by atoms with van der Waals surface area (Å²) in [5, 5.41) is 11.6. The van der Waals surface area contributed by atoms with E-state index in [1.54, 1.807) is 18.2 Å². The molecule has 0 fully saturated rings. The second-order valence-corrected chi connectivity index (χ2v) is 2.99. The quantitative estimate of drug-likeness (QED) is 0.642. The zero-order valence-corrected chi connectivity index (χ0v) is 7.91. The maximum Gasteiger partial charge on any atom is 0.128 e. The molecule has 0 heterocycles. The number of hydrogen-bond acceptors (Lipinski definition) is 3. The molecule has 14 heavy (non-hydrogen) atoms. The number of benzene rings is 1. The van der Waals surface area contributed by atoms with Gasteiger partial charge in [0.1, 0.15) is 5.82 Å². The van der Waals surface area contributed by atoms with E-state index in [0.29, 0.717) is 18.7 Å². The van der Waals surface area contributed by atoms with Crippen molar-refractivity contribution >= 4 is 0 Å². The van der Waals surface area contributed by atoms with E-state index in [4.69, 9.17) is 10.8 Å². The summed E-state index contributed by atoms with van der Waals surface area (Å²) in [4.78, 5) is 0. The number of rotatable bonds is 5. The fourth-order valence-corrected chi connectivity index (χ4v) is 1.32. The minimum Gasteiger partial charge on any atom is -0.395 e. The number of halogens is 1. The van der Waals surface area contributed by atoms with E-state index in [0.717, 1.165) is 0 Å². The summed E-state index contributed by atoms with van der Waals surface area (Å²) in [6, 6.07) is 6.26. The van der Waals surface area contributed by atoms with Gasteiger partial charge in [-0.1, -0.05) is 18.2 Å². The predicted octanol–water partition coefficient (Wildman–Crippen LogP) is 0.407. The predicted molar refractivity (Wildman–Crippen MR) is 53.3 cm³/mol. The largest absolute Gasteiger partial charge is 0.395 e. The molecule has 3 nitrogen and oxygen atoms in total. The molecule has 0 aromatic heterocycles. The van der Waals surface area contributed by atoms with Gasteiger partial charge in [0.05, 0.1) is 6.61 Å². The number of aliphatic hydroxyl groups excluding tert-OH is 1. The van der Waals surface area contributed by atoms with Crippen molar-refractivity contribution < 1.29 is 9.50 Å². The highest BCUT2D eigenvalue weighted by atomic mass is 19.1. The lowest BCUT2D eigenvalue weighted by molar-refractivity contribution is 0.284.